The van der Waals surface area contributed by atoms with Crippen LogP contribution in [-0.2, 0) is 4.79 Å². The quantitative estimate of drug-likeness (QED) is 0.833. The van der Waals surface area contributed by atoms with Crippen molar-refractivity contribution in [3.05, 3.63) is 0 Å². The lowest BCUT2D eigenvalue weighted by atomic mass is 9.86. The number of hydrogen-bond donors (Lipinski definition) is 2. The standard InChI is InChI=1S/C15H28N2O3/c1-6-10(3)13(14(18)19)16-15(20)17-8-9(2)7-11(4)12(17)5/h9-13H,6-8H2,1-5H3,(H,16,20)(H,18,19). The van der Waals surface area contributed by atoms with Crippen molar-refractivity contribution < 1.29 is 14.7 Å². The maximum Gasteiger partial charge on any atom is 0.326 e. The van der Waals surface area contributed by atoms with Gasteiger partial charge in [-0.05, 0) is 31.1 Å². The minimum Gasteiger partial charge on any atom is -0.480 e. The van der Waals surface area contributed by atoms with Gasteiger partial charge >= 0.3 is 12.0 Å². The number of carbonyl (C=O) groups excluding carboxylic acids is 1. The summed E-state index contributed by atoms with van der Waals surface area (Å²) in [5.41, 5.74) is 0. The highest BCUT2D eigenvalue weighted by atomic mass is 16.4. The van der Waals surface area contributed by atoms with Gasteiger partial charge < -0.3 is 15.3 Å². The van der Waals surface area contributed by atoms with E-state index in [0.717, 1.165) is 12.8 Å². The third-order valence-corrected chi connectivity index (χ3v) is 4.62. The summed E-state index contributed by atoms with van der Waals surface area (Å²) in [6.45, 7) is 10.8. The molecule has 5 heteroatoms. The Morgan fingerprint density at radius 1 is 1.35 bits per heavy atom. The fraction of sp³-hybridized carbons (Fsp3) is 0.867. The molecule has 1 aliphatic heterocycles. The number of carbonyl (C=O) groups is 2. The molecule has 1 heterocycles. The molecule has 0 saturated carbocycles. The molecule has 5 nitrogen and oxygen atoms in total. The number of piperidine rings is 1. The SMILES string of the molecule is CCC(C)C(NC(=O)N1CC(C)CC(C)C1C)C(=O)O. The molecule has 0 aromatic carbocycles. The molecule has 1 saturated heterocycles. The minimum atomic E-state index is -0.960. The molecule has 5 unspecified atom stereocenters. The highest BCUT2D eigenvalue weighted by Gasteiger charge is 2.34. The van der Waals surface area contributed by atoms with E-state index in [2.05, 4.69) is 19.2 Å². The molecule has 0 bridgehead atoms. The Balaban J connectivity index is 2.75. The molecule has 0 aliphatic carbocycles. The van der Waals surface area contributed by atoms with Crippen LogP contribution in [0.25, 0.3) is 0 Å². The molecular formula is C15H28N2O3. The molecule has 1 aliphatic rings. The zero-order chi connectivity index (χ0) is 15.4. The summed E-state index contributed by atoms with van der Waals surface area (Å²) in [5.74, 6) is -0.139. The third-order valence-electron chi connectivity index (χ3n) is 4.62. The molecule has 2 N–H and O–H groups in total. The minimum absolute atomic E-state index is 0.0774. The number of carboxylic acids is 1. The number of urea groups is 1. The van der Waals surface area contributed by atoms with E-state index < -0.39 is 12.0 Å². The Bertz CT molecular complexity index is 359. The van der Waals surface area contributed by atoms with Gasteiger partial charge in [0.1, 0.15) is 6.04 Å². The number of likely N-dealkylation sites (tertiary alicyclic amines) is 1. The number of rotatable bonds is 4. The number of hydrogen-bond acceptors (Lipinski definition) is 2. The van der Waals surface area contributed by atoms with Crippen molar-refractivity contribution >= 4 is 12.0 Å². The summed E-state index contributed by atoms with van der Waals surface area (Å²) >= 11 is 0. The van der Waals surface area contributed by atoms with Crippen molar-refractivity contribution in [2.45, 2.75) is 59.5 Å². The summed E-state index contributed by atoms with van der Waals surface area (Å²) in [6.07, 6.45) is 1.83. The van der Waals surface area contributed by atoms with Crippen LogP contribution in [0.2, 0.25) is 0 Å². The third kappa shape index (κ3) is 3.87. The summed E-state index contributed by atoms with van der Waals surface area (Å²) in [4.78, 5) is 25.5. The van der Waals surface area contributed by atoms with E-state index in [1.165, 1.54) is 0 Å². The maximum atomic E-state index is 12.4. The lowest BCUT2D eigenvalue weighted by Gasteiger charge is -2.41. The average Bonchev–Trinajstić information content (AvgIpc) is 2.38. The van der Waals surface area contributed by atoms with E-state index in [9.17, 15) is 14.7 Å². The number of carboxylic acid groups (broad SMARTS) is 1. The number of aliphatic carboxylic acids is 1. The molecule has 2 amide bonds. The van der Waals surface area contributed by atoms with E-state index in [0.29, 0.717) is 18.4 Å². The largest absolute Gasteiger partial charge is 0.480 e. The van der Waals surface area contributed by atoms with E-state index >= 15 is 0 Å². The lowest BCUT2D eigenvalue weighted by molar-refractivity contribution is -0.140. The van der Waals surface area contributed by atoms with Crippen LogP contribution >= 0.6 is 0 Å². The van der Waals surface area contributed by atoms with Crippen LogP contribution < -0.4 is 5.32 Å². The molecule has 20 heavy (non-hydrogen) atoms. The molecule has 0 spiro atoms. The average molecular weight is 284 g/mol. The summed E-state index contributed by atoms with van der Waals surface area (Å²) in [5, 5.41) is 12.0. The van der Waals surface area contributed by atoms with Gasteiger partial charge in [-0.3, -0.25) is 0 Å². The molecule has 116 valence electrons. The molecule has 5 atom stereocenters. The van der Waals surface area contributed by atoms with Gasteiger partial charge in [0.25, 0.3) is 0 Å². The first kappa shape index (κ1) is 16.8. The molecule has 0 radical (unpaired) electrons. The number of nitrogens with zero attached hydrogens (tertiary/aromatic N) is 1. The predicted molar refractivity (Wildman–Crippen MR) is 78.5 cm³/mol. The van der Waals surface area contributed by atoms with Crippen LogP contribution in [-0.4, -0.2) is 40.6 Å². The smallest absolute Gasteiger partial charge is 0.326 e. The maximum absolute atomic E-state index is 12.4. The predicted octanol–water partition coefficient (Wildman–Crippen LogP) is 2.56. The van der Waals surface area contributed by atoms with Crippen molar-refractivity contribution in [1.29, 1.82) is 0 Å². The molecule has 1 rings (SSSR count). The topological polar surface area (TPSA) is 69.6 Å². The fourth-order valence-corrected chi connectivity index (χ4v) is 2.88. The van der Waals surface area contributed by atoms with Crippen LogP contribution in [0.4, 0.5) is 4.79 Å². The summed E-state index contributed by atoms with van der Waals surface area (Å²) in [7, 11) is 0. The van der Waals surface area contributed by atoms with Crippen molar-refractivity contribution in [3.8, 4) is 0 Å². The van der Waals surface area contributed by atoms with E-state index in [4.69, 9.17) is 0 Å². The van der Waals surface area contributed by atoms with Crippen LogP contribution in [0.3, 0.4) is 0 Å². The van der Waals surface area contributed by atoms with E-state index in [-0.39, 0.29) is 18.0 Å². The van der Waals surface area contributed by atoms with Gasteiger partial charge in [-0.25, -0.2) is 9.59 Å². The van der Waals surface area contributed by atoms with Crippen molar-refractivity contribution in [2.24, 2.45) is 17.8 Å². The second-order valence-electron chi connectivity index (χ2n) is 6.36. The van der Waals surface area contributed by atoms with Gasteiger partial charge in [-0.1, -0.05) is 34.1 Å². The zero-order valence-corrected chi connectivity index (χ0v) is 13.2. The summed E-state index contributed by atoms with van der Waals surface area (Å²) in [6, 6.07) is -0.909. The lowest BCUT2D eigenvalue weighted by Crippen LogP contribution is -2.56. The Labute approximate surface area is 121 Å². The van der Waals surface area contributed by atoms with Crippen LogP contribution in [0.5, 0.6) is 0 Å². The normalized spacial score (nSPS) is 29.6. The van der Waals surface area contributed by atoms with Gasteiger partial charge in [0, 0.05) is 12.6 Å². The molecule has 0 aromatic heterocycles. The Kier molecular flexibility index (Phi) is 5.84. The van der Waals surface area contributed by atoms with E-state index in [1.807, 2.05) is 20.8 Å². The van der Waals surface area contributed by atoms with Gasteiger partial charge in [-0.2, -0.15) is 0 Å². The van der Waals surface area contributed by atoms with Crippen LogP contribution in [0.15, 0.2) is 0 Å². The number of nitrogens with one attached hydrogen (secondary N) is 1. The Hall–Kier alpha value is -1.26. The van der Waals surface area contributed by atoms with Gasteiger partial charge in [0.15, 0.2) is 0 Å². The van der Waals surface area contributed by atoms with Gasteiger partial charge in [0.05, 0.1) is 0 Å². The first-order chi connectivity index (χ1) is 9.27. The first-order valence-corrected chi connectivity index (χ1v) is 7.57. The fourth-order valence-electron chi connectivity index (χ4n) is 2.88. The van der Waals surface area contributed by atoms with Crippen LogP contribution in [0.1, 0.15) is 47.5 Å². The van der Waals surface area contributed by atoms with E-state index in [1.54, 1.807) is 4.90 Å². The van der Waals surface area contributed by atoms with Gasteiger partial charge in [-0.15, -0.1) is 0 Å². The van der Waals surface area contributed by atoms with Crippen molar-refractivity contribution in [1.82, 2.24) is 10.2 Å². The Morgan fingerprint density at radius 3 is 2.45 bits per heavy atom. The Morgan fingerprint density at radius 2 is 1.95 bits per heavy atom. The van der Waals surface area contributed by atoms with Crippen LogP contribution in [0, 0.1) is 17.8 Å². The highest BCUT2D eigenvalue weighted by Crippen LogP contribution is 2.27. The van der Waals surface area contributed by atoms with Crippen molar-refractivity contribution in [2.75, 3.05) is 6.54 Å². The zero-order valence-electron chi connectivity index (χ0n) is 13.2. The molecular weight excluding hydrogens is 256 g/mol. The number of amides is 2. The first-order valence-electron chi connectivity index (χ1n) is 7.57. The monoisotopic (exact) mass is 284 g/mol. The summed E-state index contributed by atoms with van der Waals surface area (Å²) < 4.78 is 0. The molecule has 1 fully saturated rings. The highest BCUT2D eigenvalue weighted by molar-refractivity contribution is 5.83. The van der Waals surface area contributed by atoms with Gasteiger partial charge in [0.2, 0.25) is 0 Å². The second-order valence-corrected chi connectivity index (χ2v) is 6.36. The second kappa shape index (κ2) is 6.95. The van der Waals surface area contributed by atoms with Crippen molar-refractivity contribution in [3.63, 3.8) is 0 Å². The molecule has 0 aromatic rings.